The number of allylic oxidation sites excluding steroid dienone is 1. The van der Waals surface area contributed by atoms with E-state index in [0.717, 1.165) is 75.7 Å². The van der Waals surface area contributed by atoms with E-state index in [0.29, 0.717) is 42.3 Å². The molecule has 9 unspecified atom stereocenters. The number of aromatic nitrogens is 1. The summed E-state index contributed by atoms with van der Waals surface area (Å²) in [5.74, 6) is 0.515. The summed E-state index contributed by atoms with van der Waals surface area (Å²) in [4.78, 5) is 48.1. The van der Waals surface area contributed by atoms with Crippen molar-refractivity contribution in [1.82, 2.24) is 14.8 Å². The number of ether oxygens (including phenoxy) is 1. The molecule has 0 bridgehead atoms. The maximum absolute atomic E-state index is 14.2. The Hall–Kier alpha value is -2.33. The van der Waals surface area contributed by atoms with Crippen LogP contribution in [0.15, 0.2) is 29.5 Å². The van der Waals surface area contributed by atoms with E-state index in [1.54, 1.807) is 20.0 Å². The van der Waals surface area contributed by atoms with Crippen LogP contribution in [-0.4, -0.2) is 88.7 Å². The van der Waals surface area contributed by atoms with E-state index in [9.17, 15) is 24.6 Å². The van der Waals surface area contributed by atoms with Gasteiger partial charge in [0, 0.05) is 49.6 Å². The number of nitrogens with zero attached hydrogens (tertiary/aromatic N) is 3. The van der Waals surface area contributed by atoms with E-state index in [1.807, 2.05) is 12.1 Å². The van der Waals surface area contributed by atoms with Crippen LogP contribution in [0.4, 0.5) is 0 Å². The molecule has 56 heavy (non-hydrogen) atoms. The highest BCUT2D eigenvalue weighted by Crippen LogP contribution is 2.73. The molecule has 5 aliphatic carbocycles. The van der Waals surface area contributed by atoms with E-state index in [-0.39, 0.29) is 46.4 Å². The Morgan fingerprint density at radius 2 is 1.68 bits per heavy atom. The highest BCUT2D eigenvalue weighted by Gasteiger charge is 2.67. The summed E-state index contributed by atoms with van der Waals surface area (Å²) < 4.78 is 6.17. The number of rotatable bonds is 13. The Bertz CT molecular complexity index is 1690. The van der Waals surface area contributed by atoms with Crippen molar-refractivity contribution in [1.29, 1.82) is 0 Å². The number of carboxylic acid groups (broad SMARTS) is 1. The number of carbonyl (C=O) groups excluding carboxylic acids is 2. The Labute approximate surface area is 341 Å². The second-order valence-corrected chi connectivity index (χ2v) is 21.4. The highest BCUT2D eigenvalue weighted by atomic mass is 35.5. The molecule has 0 radical (unpaired) electrons. The van der Waals surface area contributed by atoms with Crippen LogP contribution in [0.25, 0.3) is 0 Å². The molecule has 312 valence electrons. The van der Waals surface area contributed by atoms with Gasteiger partial charge in [-0.05, 0) is 137 Å². The summed E-state index contributed by atoms with van der Waals surface area (Å²) in [5.41, 5.74) is 1.40. The first kappa shape index (κ1) is 43.3. The maximum atomic E-state index is 14.2. The number of pyridine rings is 1. The molecule has 5 aliphatic rings. The molecule has 1 aromatic rings. The number of likely N-dealkylation sites (N-methyl/N-ethyl adjacent to an activating group) is 1. The second-order valence-electron chi connectivity index (χ2n) is 20.9. The van der Waals surface area contributed by atoms with Gasteiger partial charge in [0.05, 0.1) is 28.7 Å². The molecule has 9 atom stereocenters. The third-order valence-corrected chi connectivity index (χ3v) is 16.4. The molecule has 4 saturated carbocycles. The summed E-state index contributed by atoms with van der Waals surface area (Å²) in [5, 5.41) is 22.8. The van der Waals surface area contributed by atoms with Gasteiger partial charge in [-0.2, -0.15) is 0 Å². The molecule has 0 amide bonds. The first-order valence-electron chi connectivity index (χ1n) is 21.4. The zero-order valence-corrected chi connectivity index (χ0v) is 36.7. The molecule has 10 heteroatoms. The predicted octanol–water partition coefficient (Wildman–Crippen LogP) is 8.46. The average molecular weight is 797 g/mol. The molecule has 6 rings (SSSR count). The van der Waals surface area contributed by atoms with Crippen LogP contribution in [0.3, 0.4) is 0 Å². The number of esters is 1. The lowest BCUT2D eigenvalue weighted by Gasteiger charge is -2.69. The molecule has 0 spiro atoms. The van der Waals surface area contributed by atoms with Gasteiger partial charge in [-0.3, -0.25) is 24.3 Å². The fraction of sp³-hybridized carbons (Fsp3) is 0.783. The number of hydrogen-bond acceptors (Lipinski definition) is 8. The minimum Gasteiger partial charge on any atom is -0.481 e. The fourth-order valence-electron chi connectivity index (χ4n) is 13.3. The number of ketones is 1. The van der Waals surface area contributed by atoms with Crippen molar-refractivity contribution >= 4 is 29.3 Å². The Morgan fingerprint density at radius 1 is 0.982 bits per heavy atom. The molecule has 2 N–H and O–H groups in total. The van der Waals surface area contributed by atoms with E-state index < -0.39 is 28.9 Å². The minimum atomic E-state index is -1.17. The van der Waals surface area contributed by atoms with Gasteiger partial charge < -0.3 is 19.8 Å². The Balaban J connectivity index is 1.26. The van der Waals surface area contributed by atoms with Crippen molar-refractivity contribution in [3.8, 4) is 0 Å². The molecule has 0 saturated heterocycles. The van der Waals surface area contributed by atoms with Gasteiger partial charge in [0.1, 0.15) is 6.10 Å². The van der Waals surface area contributed by atoms with Crippen LogP contribution in [0, 0.1) is 56.7 Å². The SMILES string of the molecule is CC(C)C1=C2C3CCC4C(C)(CCC5C(C)(C)C(OC(=O)CC(C)(C)C(=O)O)CCC54C)C3CCC2(C(O)CN(CCN(C)C)Cc2ccc(Cl)cn2)CC1=O. The van der Waals surface area contributed by atoms with Crippen molar-refractivity contribution in [2.75, 3.05) is 33.7 Å². The van der Waals surface area contributed by atoms with Gasteiger partial charge in [0.25, 0.3) is 0 Å². The van der Waals surface area contributed by atoms with Crippen LogP contribution in [0.2, 0.25) is 5.02 Å². The van der Waals surface area contributed by atoms with Crippen molar-refractivity contribution in [3.63, 3.8) is 0 Å². The normalized spacial score (nSPS) is 34.6. The van der Waals surface area contributed by atoms with Crippen LogP contribution >= 0.6 is 11.6 Å². The molecule has 1 heterocycles. The molecular formula is C46H70ClN3O6. The number of aliphatic carboxylic acids is 1. The van der Waals surface area contributed by atoms with E-state index in [4.69, 9.17) is 16.3 Å². The summed E-state index contributed by atoms with van der Waals surface area (Å²) in [6.45, 7) is 19.8. The van der Waals surface area contributed by atoms with Gasteiger partial charge >= 0.3 is 11.9 Å². The van der Waals surface area contributed by atoms with Gasteiger partial charge in [-0.25, -0.2) is 0 Å². The quantitative estimate of drug-likeness (QED) is 0.190. The number of aliphatic hydroxyl groups excluding tert-OH is 1. The molecule has 0 aliphatic heterocycles. The molecule has 4 fully saturated rings. The highest BCUT2D eigenvalue weighted by molar-refractivity contribution is 6.30. The predicted molar refractivity (Wildman–Crippen MR) is 220 cm³/mol. The lowest BCUT2D eigenvalue weighted by Crippen LogP contribution is -2.63. The van der Waals surface area contributed by atoms with Crippen molar-refractivity contribution in [2.45, 2.75) is 138 Å². The Morgan fingerprint density at radius 3 is 2.30 bits per heavy atom. The number of carboxylic acids is 1. The summed E-state index contributed by atoms with van der Waals surface area (Å²) in [6, 6.07) is 3.83. The minimum absolute atomic E-state index is 0.0716. The number of carbonyl (C=O) groups is 3. The third-order valence-electron chi connectivity index (χ3n) is 16.1. The number of Topliss-reactive ketones (excluding diaryl/α,β-unsaturated/α-hetero) is 1. The number of halogens is 1. The van der Waals surface area contributed by atoms with Crippen LogP contribution in [0.1, 0.15) is 125 Å². The zero-order chi connectivity index (χ0) is 41.2. The summed E-state index contributed by atoms with van der Waals surface area (Å²) >= 11 is 6.17. The van der Waals surface area contributed by atoms with E-state index in [1.165, 1.54) is 5.57 Å². The van der Waals surface area contributed by atoms with Crippen molar-refractivity contribution in [2.24, 2.45) is 56.7 Å². The first-order valence-corrected chi connectivity index (χ1v) is 21.8. The Kier molecular flexibility index (Phi) is 12.1. The van der Waals surface area contributed by atoms with Crippen molar-refractivity contribution in [3.05, 3.63) is 40.2 Å². The van der Waals surface area contributed by atoms with E-state index in [2.05, 4.69) is 70.4 Å². The van der Waals surface area contributed by atoms with Gasteiger partial charge in [-0.15, -0.1) is 0 Å². The second kappa shape index (κ2) is 15.7. The average Bonchev–Trinajstić information content (AvgIpc) is 3.42. The zero-order valence-electron chi connectivity index (χ0n) is 35.9. The van der Waals surface area contributed by atoms with Gasteiger partial charge in [0.15, 0.2) is 5.78 Å². The van der Waals surface area contributed by atoms with Crippen molar-refractivity contribution < 1.29 is 29.3 Å². The number of fused-ring (bicyclic) bond motifs is 7. The molecule has 9 nitrogen and oxygen atoms in total. The third kappa shape index (κ3) is 7.65. The van der Waals surface area contributed by atoms with Gasteiger partial charge in [0.2, 0.25) is 0 Å². The molecular weight excluding hydrogens is 726 g/mol. The van der Waals surface area contributed by atoms with Crippen LogP contribution < -0.4 is 0 Å². The lowest BCUT2D eigenvalue weighted by atomic mass is 9.36. The summed E-state index contributed by atoms with van der Waals surface area (Å²) in [6.07, 6.45) is 8.88. The molecule has 0 aromatic carbocycles. The summed E-state index contributed by atoms with van der Waals surface area (Å²) in [7, 11) is 4.14. The monoisotopic (exact) mass is 795 g/mol. The molecule has 1 aromatic heterocycles. The smallest absolute Gasteiger partial charge is 0.309 e. The topological polar surface area (TPSA) is 120 Å². The maximum Gasteiger partial charge on any atom is 0.309 e. The largest absolute Gasteiger partial charge is 0.481 e. The lowest BCUT2D eigenvalue weighted by molar-refractivity contribution is -0.214. The van der Waals surface area contributed by atoms with E-state index >= 15 is 0 Å². The number of hydrogen-bond donors (Lipinski definition) is 2. The number of aliphatic hydroxyl groups is 1. The first-order chi connectivity index (χ1) is 26.1. The fourth-order valence-corrected chi connectivity index (χ4v) is 13.4. The standard InChI is InChI=1S/C46H70ClN3O6/c1-28(2)39-33(51)23-46(36(52)27-50(22-21-49(9)10)26-30-12-11-29(47)25-48-30)20-15-32-31(40(39)46)13-14-35-44(32,7)18-16-34-43(5,6)37(17-19-45(34,35)8)56-38(53)24-42(3,4)41(54)55/h11-12,25,28,31-32,34-37,52H,13-24,26-27H2,1-10H3,(H,54,55). The van der Waals surface area contributed by atoms with Crippen LogP contribution in [0.5, 0.6) is 0 Å². The van der Waals surface area contributed by atoms with Crippen LogP contribution in [-0.2, 0) is 25.7 Å². The van der Waals surface area contributed by atoms with Gasteiger partial charge in [-0.1, -0.05) is 58.7 Å².